The van der Waals surface area contributed by atoms with E-state index in [0.29, 0.717) is 10.3 Å². The quantitative estimate of drug-likeness (QED) is 0.558. The first-order valence-corrected chi connectivity index (χ1v) is 9.37. The van der Waals surface area contributed by atoms with Crippen molar-refractivity contribution in [2.45, 2.75) is 25.8 Å². The van der Waals surface area contributed by atoms with Crippen LogP contribution in [-0.2, 0) is 5.92 Å². The predicted molar refractivity (Wildman–Crippen MR) is 105 cm³/mol. The molecule has 2 heterocycles. The zero-order valence-corrected chi connectivity index (χ0v) is 17.4. The summed E-state index contributed by atoms with van der Waals surface area (Å²) >= 11 is 3.15. The molecule has 30 heavy (non-hydrogen) atoms. The van der Waals surface area contributed by atoms with Gasteiger partial charge in [-0.25, -0.2) is 23.7 Å². The van der Waals surface area contributed by atoms with E-state index >= 15 is 0 Å². The number of amides is 2. The number of rotatable bonds is 6. The Hall–Kier alpha value is -3.28. The average Bonchev–Trinajstić information content (AvgIpc) is 3.17. The van der Waals surface area contributed by atoms with Gasteiger partial charge in [0.25, 0.3) is 17.7 Å². The van der Waals surface area contributed by atoms with Crippen molar-refractivity contribution in [1.82, 2.24) is 30.0 Å². The van der Waals surface area contributed by atoms with Gasteiger partial charge in [0, 0.05) is 28.6 Å². The standard InChI is InChI=1S/C18H16BrF2N7O2/c1-9(27-17(30)10-3-11(18(2,20)21)5-12(19)4-10)16-25-8-26-28(16)14-6-13(15(22)29)23-7-24-14/h3-9H,1-2H3,(H2,22,29)(H,27,30)/t9-/m0/s1. The van der Waals surface area contributed by atoms with Crippen LogP contribution in [-0.4, -0.2) is 36.5 Å². The molecule has 1 aromatic carbocycles. The van der Waals surface area contributed by atoms with Crippen molar-refractivity contribution in [2.75, 3.05) is 0 Å². The molecule has 1 atom stereocenters. The molecule has 0 aliphatic heterocycles. The first kappa shape index (κ1) is 21.4. The third kappa shape index (κ3) is 4.64. The summed E-state index contributed by atoms with van der Waals surface area (Å²) in [6, 6.07) is 4.48. The number of alkyl halides is 2. The van der Waals surface area contributed by atoms with Crippen molar-refractivity contribution < 1.29 is 18.4 Å². The molecule has 0 aliphatic rings. The van der Waals surface area contributed by atoms with Gasteiger partial charge < -0.3 is 11.1 Å². The van der Waals surface area contributed by atoms with Gasteiger partial charge in [-0.3, -0.25) is 9.59 Å². The highest BCUT2D eigenvalue weighted by molar-refractivity contribution is 9.10. The molecule has 156 valence electrons. The molecule has 0 saturated heterocycles. The lowest BCUT2D eigenvalue weighted by molar-refractivity contribution is 0.0173. The van der Waals surface area contributed by atoms with Crippen LogP contribution in [0.4, 0.5) is 8.78 Å². The molecule has 3 aromatic rings. The lowest BCUT2D eigenvalue weighted by atomic mass is 10.1. The second-order valence-corrected chi connectivity index (χ2v) is 7.38. The first-order chi connectivity index (χ1) is 14.1. The summed E-state index contributed by atoms with van der Waals surface area (Å²) in [5.74, 6) is -3.89. The molecular weight excluding hydrogens is 464 g/mol. The monoisotopic (exact) mass is 479 g/mol. The Labute approximate surface area is 177 Å². The maximum atomic E-state index is 13.7. The summed E-state index contributed by atoms with van der Waals surface area (Å²) < 4.78 is 29.0. The van der Waals surface area contributed by atoms with Gasteiger partial charge in [-0.05, 0) is 25.1 Å². The molecule has 12 heteroatoms. The summed E-state index contributed by atoms with van der Waals surface area (Å²) in [6.07, 6.45) is 2.40. The van der Waals surface area contributed by atoms with Gasteiger partial charge >= 0.3 is 0 Å². The second kappa shape index (κ2) is 8.22. The largest absolute Gasteiger partial charge is 0.364 e. The maximum Gasteiger partial charge on any atom is 0.270 e. The van der Waals surface area contributed by atoms with Crippen LogP contribution < -0.4 is 11.1 Å². The minimum absolute atomic E-state index is 0.0136. The van der Waals surface area contributed by atoms with Gasteiger partial charge in [-0.15, -0.1) is 0 Å². The van der Waals surface area contributed by atoms with Crippen LogP contribution in [0.3, 0.4) is 0 Å². The summed E-state index contributed by atoms with van der Waals surface area (Å²) in [6.45, 7) is 2.39. The zero-order valence-electron chi connectivity index (χ0n) is 15.8. The van der Waals surface area contributed by atoms with Crippen molar-refractivity contribution in [3.63, 3.8) is 0 Å². The molecule has 3 rings (SSSR count). The topological polar surface area (TPSA) is 129 Å². The fraction of sp³-hybridized carbons (Fsp3) is 0.222. The Morgan fingerprint density at radius 2 is 1.90 bits per heavy atom. The Bertz CT molecular complexity index is 1110. The number of nitrogens with one attached hydrogen (secondary N) is 1. The zero-order chi connectivity index (χ0) is 22.1. The first-order valence-electron chi connectivity index (χ1n) is 8.58. The highest BCUT2D eigenvalue weighted by Crippen LogP contribution is 2.30. The van der Waals surface area contributed by atoms with Crippen LogP contribution >= 0.6 is 15.9 Å². The number of hydrogen-bond acceptors (Lipinski definition) is 6. The number of primary amides is 1. The number of carbonyl (C=O) groups excluding carboxylic acids is 2. The van der Waals surface area contributed by atoms with Crippen LogP contribution in [0.2, 0.25) is 0 Å². The van der Waals surface area contributed by atoms with E-state index in [0.717, 1.165) is 19.3 Å². The molecule has 9 nitrogen and oxygen atoms in total. The summed E-state index contributed by atoms with van der Waals surface area (Å²) in [4.78, 5) is 35.9. The third-order valence-electron chi connectivity index (χ3n) is 4.10. The minimum Gasteiger partial charge on any atom is -0.364 e. The molecular formula is C18H16BrF2N7O2. The van der Waals surface area contributed by atoms with E-state index in [1.807, 2.05) is 0 Å². The highest BCUT2D eigenvalue weighted by Gasteiger charge is 2.26. The van der Waals surface area contributed by atoms with Crippen LogP contribution in [0.15, 0.2) is 41.4 Å². The van der Waals surface area contributed by atoms with E-state index in [1.165, 1.54) is 29.2 Å². The predicted octanol–water partition coefficient (Wildman–Crippen LogP) is 2.52. The van der Waals surface area contributed by atoms with Gasteiger partial charge in [0.15, 0.2) is 11.6 Å². The molecule has 0 radical (unpaired) electrons. The van der Waals surface area contributed by atoms with Crippen molar-refractivity contribution in [3.05, 3.63) is 64.0 Å². The van der Waals surface area contributed by atoms with E-state index < -0.39 is 23.8 Å². The Morgan fingerprint density at radius 3 is 2.57 bits per heavy atom. The normalized spacial score (nSPS) is 12.4. The number of hydrogen-bond donors (Lipinski definition) is 2. The van der Waals surface area contributed by atoms with Crippen molar-refractivity contribution in [3.8, 4) is 5.82 Å². The molecule has 2 aromatic heterocycles. The number of nitrogens with two attached hydrogens (primary N) is 1. The Morgan fingerprint density at radius 1 is 1.17 bits per heavy atom. The van der Waals surface area contributed by atoms with Crippen LogP contribution in [0.5, 0.6) is 0 Å². The molecule has 2 amide bonds. The lowest BCUT2D eigenvalue weighted by Crippen LogP contribution is -2.29. The molecule has 0 spiro atoms. The summed E-state index contributed by atoms with van der Waals surface area (Å²) in [7, 11) is 0. The third-order valence-corrected chi connectivity index (χ3v) is 4.56. The van der Waals surface area contributed by atoms with Crippen LogP contribution in [0.1, 0.15) is 52.1 Å². The van der Waals surface area contributed by atoms with Gasteiger partial charge in [-0.2, -0.15) is 9.78 Å². The highest BCUT2D eigenvalue weighted by atomic mass is 79.9. The molecule has 0 aliphatic carbocycles. The van der Waals surface area contributed by atoms with E-state index in [4.69, 9.17) is 5.73 Å². The number of benzene rings is 1. The number of nitrogens with zero attached hydrogens (tertiary/aromatic N) is 5. The fourth-order valence-corrected chi connectivity index (χ4v) is 3.13. The van der Waals surface area contributed by atoms with Gasteiger partial charge in [0.05, 0.1) is 6.04 Å². The summed E-state index contributed by atoms with van der Waals surface area (Å²) in [5.41, 5.74) is 4.98. The van der Waals surface area contributed by atoms with Gasteiger partial charge in [0.1, 0.15) is 18.3 Å². The molecule has 0 fully saturated rings. The van der Waals surface area contributed by atoms with Crippen LogP contribution in [0, 0.1) is 0 Å². The van der Waals surface area contributed by atoms with Crippen molar-refractivity contribution in [1.29, 1.82) is 0 Å². The van der Waals surface area contributed by atoms with Crippen molar-refractivity contribution in [2.24, 2.45) is 5.73 Å². The SMILES string of the molecule is C[C@H](NC(=O)c1cc(Br)cc(C(C)(F)F)c1)c1ncnn1-c1cc(C(N)=O)ncn1. The fourth-order valence-electron chi connectivity index (χ4n) is 2.64. The summed E-state index contributed by atoms with van der Waals surface area (Å²) in [5, 5.41) is 6.74. The second-order valence-electron chi connectivity index (χ2n) is 6.47. The maximum absolute atomic E-state index is 13.7. The van der Waals surface area contributed by atoms with E-state index in [1.54, 1.807) is 6.92 Å². The Balaban J connectivity index is 1.86. The van der Waals surface area contributed by atoms with Crippen molar-refractivity contribution >= 4 is 27.7 Å². The Kier molecular flexibility index (Phi) is 5.87. The van der Waals surface area contributed by atoms with E-state index in [2.05, 4.69) is 41.3 Å². The smallest absolute Gasteiger partial charge is 0.270 e. The van der Waals surface area contributed by atoms with Gasteiger partial charge in [-0.1, -0.05) is 15.9 Å². The number of carbonyl (C=O) groups is 2. The lowest BCUT2D eigenvalue weighted by Gasteiger charge is -2.16. The van der Waals surface area contributed by atoms with E-state index in [-0.39, 0.29) is 22.6 Å². The minimum atomic E-state index is -3.10. The van der Waals surface area contributed by atoms with Crippen LogP contribution in [0.25, 0.3) is 5.82 Å². The molecule has 0 unspecified atom stereocenters. The number of aromatic nitrogens is 5. The molecule has 3 N–H and O–H groups in total. The molecule has 0 bridgehead atoms. The average molecular weight is 480 g/mol. The van der Waals surface area contributed by atoms with E-state index in [9.17, 15) is 18.4 Å². The molecule has 0 saturated carbocycles. The van der Waals surface area contributed by atoms with Gasteiger partial charge in [0.2, 0.25) is 0 Å². The number of halogens is 3.